The van der Waals surface area contributed by atoms with Crippen LogP contribution in [0, 0.1) is 0 Å². The first-order valence-electron chi connectivity index (χ1n) is 7.31. The fraction of sp³-hybridized carbons (Fsp3) is 0.600. The molecule has 1 aliphatic heterocycles. The molecule has 0 atom stereocenters. The second-order valence-corrected chi connectivity index (χ2v) is 7.30. The van der Waals surface area contributed by atoms with Crippen LogP contribution in [0.3, 0.4) is 0 Å². The third-order valence-electron chi connectivity index (χ3n) is 3.63. The number of fused-ring (bicyclic) bond motifs is 1. The molecule has 0 fully saturated rings. The second-order valence-electron chi connectivity index (χ2n) is 5.47. The molecule has 0 radical (unpaired) electrons. The van der Waals surface area contributed by atoms with Crippen molar-refractivity contribution in [3.05, 3.63) is 29.3 Å². The molecule has 1 N–H and O–H groups in total. The number of anilines is 1. The summed E-state index contributed by atoms with van der Waals surface area (Å²) in [5.41, 5.74) is 3.97. The summed E-state index contributed by atoms with van der Waals surface area (Å²) in [6.45, 7) is 4.94. The Labute approximate surface area is 122 Å². The van der Waals surface area contributed by atoms with Gasteiger partial charge in [0.2, 0.25) is 10.0 Å². The van der Waals surface area contributed by atoms with Crippen LogP contribution in [0.2, 0.25) is 0 Å². The van der Waals surface area contributed by atoms with E-state index in [1.807, 2.05) is 0 Å². The molecule has 2 rings (SSSR count). The molecule has 1 aromatic rings. The van der Waals surface area contributed by atoms with Crippen molar-refractivity contribution in [3.8, 4) is 0 Å². The standard InChI is InChI=1S/C15H24N2O2S/c1-3-10-17-11-4-5-14-12-13(6-7-15(14)17)8-9-16-20(2,18)19/h6-7,12,16H,3-5,8-11H2,1-2H3. The Balaban J connectivity index is 2.04. The molecule has 0 aliphatic carbocycles. The molecule has 5 heteroatoms. The molecule has 0 saturated carbocycles. The highest BCUT2D eigenvalue weighted by atomic mass is 32.2. The number of hydrogen-bond donors (Lipinski definition) is 1. The van der Waals surface area contributed by atoms with E-state index in [4.69, 9.17) is 0 Å². The first-order chi connectivity index (χ1) is 9.49. The average Bonchev–Trinajstić information content (AvgIpc) is 2.37. The first kappa shape index (κ1) is 15.3. The Bertz CT molecular complexity index is 555. The molecular formula is C15H24N2O2S. The fourth-order valence-electron chi connectivity index (χ4n) is 2.77. The third-order valence-corrected chi connectivity index (χ3v) is 4.36. The van der Waals surface area contributed by atoms with Gasteiger partial charge < -0.3 is 4.90 Å². The number of nitrogens with zero attached hydrogens (tertiary/aromatic N) is 1. The molecule has 112 valence electrons. The molecule has 0 bridgehead atoms. The van der Waals surface area contributed by atoms with Crippen molar-refractivity contribution in [1.29, 1.82) is 0 Å². The van der Waals surface area contributed by atoms with Crippen LogP contribution in [0.5, 0.6) is 0 Å². The van der Waals surface area contributed by atoms with E-state index < -0.39 is 10.0 Å². The predicted molar refractivity (Wildman–Crippen MR) is 83.8 cm³/mol. The largest absolute Gasteiger partial charge is 0.371 e. The minimum atomic E-state index is -3.09. The number of nitrogens with one attached hydrogen (secondary N) is 1. The molecule has 0 spiro atoms. The quantitative estimate of drug-likeness (QED) is 0.873. The van der Waals surface area contributed by atoms with Crippen LogP contribution >= 0.6 is 0 Å². The lowest BCUT2D eigenvalue weighted by Crippen LogP contribution is -2.30. The molecule has 4 nitrogen and oxygen atoms in total. The molecular weight excluding hydrogens is 272 g/mol. The maximum Gasteiger partial charge on any atom is 0.208 e. The Morgan fingerprint density at radius 3 is 2.85 bits per heavy atom. The van der Waals surface area contributed by atoms with E-state index in [2.05, 4.69) is 34.7 Å². The fourth-order valence-corrected chi connectivity index (χ4v) is 3.24. The van der Waals surface area contributed by atoms with Gasteiger partial charge in [0, 0.05) is 25.3 Å². The van der Waals surface area contributed by atoms with Crippen LogP contribution in [0.15, 0.2) is 18.2 Å². The molecule has 0 saturated heterocycles. The van der Waals surface area contributed by atoms with E-state index in [1.165, 1.54) is 35.9 Å². The Hall–Kier alpha value is -1.07. The molecule has 1 aromatic carbocycles. The summed E-state index contributed by atoms with van der Waals surface area (Å²) in [7, 11) is -3.09. The normalized spacial score (nSPS) is 15.2. The summed E-state index contributed by atoms with van der Waals surface area (Å²) >= 11 is 0. The zero-order chi connectivity index (χ0) is 14.6. The summed E-state index contributed by atoms with van der Waals surface area (Å²) in [5, 5.41) is 0. The van der Waals surface area contributed by atoms with Crippen LogP contribution in [0.1, 0.15) is 30.9 Å². The molecule has 1 aliphatic rings. The molecule has 1 heterocycles. The lowest BCUT2D eigenvalue weighted by molar-refractivity contribution is 0.588. The van der Waals surface area contributed by atoms with E-state index >= 15 is 0 Å². The third kappa shape index (κ3) is 4.21. The number of sulfonamides is 1. The zero-order valence-corrected chi connectivity index (χ0v) is 13.2. The van der Waals surface area contributed by atoms with Gasteiger partial charge in [0.15, 0.2) is 0 Å². The van der Waals surface area contributed by atoms with E-state index in [1.54, 1.807) is 0 Å². The Morgan fingerprint density at radius 2 is 2.15 bits per heavy atom. The molecule has 0 amide bonds. The van der Waals surface area contributed by atoms with Crippen molar-refractivity contribution in [3.63, 3.8) is 0 Å². The zero-order valence-electron chi connectivity index (χ0n) is 12.4. The maximum atomic E-state index is 11.1. The summed E-state index contributed by atoms with van der Waals surface area (Å²) in [5.74, 6) is 0. The van der Waals surface area contributed by atoms with Crippen molar-refractivity contribution >= 4 is 15.7 Å². The lowest BCUT2D eigenvalue weighted by Gasteiger charge is -2.31. The van der Waals surface area contributed by atoms with Gasteiger partial charge in [-0.1, -0.05) is 19.1 Å². The minimum Gasteiger partial charge on any atom is -0.371 e. The second kappa shape index (κ2) is 6.59. The van der Waals surface area contributed by atoms with Crippen molar-refractivity contribution < 1.29 is 8.42 Å². The maximum absolute atomic E-state index is 11.1. The summed E-state index contributed by atoms with van der Waals surface area (Å²) in [4.78, 5) is 2.46. The first-order valence-corrected chi connectivity index (χ1v) is 9.20. The van der Waals surface area contributed by atoms with Crippen LogP contribution < -0.4 is 9.62 Å². The van der Waals surface area contributed by atoms with Crippen molar-refractivity contribution in [2.24, 2.45) is 0 Å². The minimum absolute atomic E-state index is 0.469. The van der Waals surface area contributed by atoms with E-state index in [9.17, 15) is 8.42 Å². The number of hydrogen-bond acceptors (Lipinski definition) is 3. The van der Waals surface area contributed by atoms with Crippen molar-refractivity contribution in [2.75, 3.05) is 30.8 Å². The van der Waals surface area contributed by atoms with Crippen molar-refractivity contribution in [2.45, 2.75) is 32.6 Å². The van der Waals surface area contributed by atoms with Gasteiger partial charge in [0.1, 0.15) is 0 Å². The molecule has 0 unspecified atom stereocenters. The van der Waals surface area contributed by atoms with Gasteiger partial charge in [0.05, 0.1) is 6.26 Å². The summed E-state index contributed by atoms with van der Waals surface area (Å²) in [6, 6.07) is 6.55. The highest BCUT2D eigenvalue weighted by Gasteiger charge is 2.16. The SMILES string of the molecule is CCCN1CCCc2cc(CCNS(C)(=O)=O)ccc21. The van der Waals surface area contributed by atoms with E-state index in [0.717, 1.165) is 25.9 Å². The van der Waals surface area contributed by atoms with Crippen molar-refractivity contribution in [1.82, 2.24) is 4.72 Å². The number of aryl methyl sites for hydroxylation is 1. The van der Waals surface area contributed by atoms with Gasteiger partial charge in [-0.3, -0.25) is 0 Å². The Morgan fingerprint density at radius 1 is 1.35 bits per heavy atom. The van der Waals surface area contributed by atoms with Gasteiger partial charge in [0.25, 0.3) is 0 Å². The smallest absolute Gasteiger partial charge is 0.208 e. The van der Waals surface area contributed by atoms with Gasteiger partial charge in [-0.2, -0.15) is 0 Å². The highest BCUT2D eigenvalue weighted by Crippen LogP contribution is 2.28. The van der Waals surface area contributed by atoms with Crippen LogP contribution in [0.4, 0.5) is 5.69 Å². The highest BCUT2D eigenvalue weighted by molar-refractivity contribution is 7.88. The van der Waals surface area contributed by atoms with Crippen LogP contribution in [-0.2, 0) is 22.9 Å². The molecule has 20 heavy (non-hydrogen) atoms. The predicted octanol–water partition coefficient (Wildman–Crippen LogP) is 1.94. The molecule has 0 aromatic heterocycles. The topological polar surface area (TPSA) is 49.4 Å². The van der Waals surface area contributed by atoms with E-state index in [-0.39, 0.29) is 0 Å². The average molecular weight is 296 g/mol. The monoisotopic (exact) mass is 296 g/mol. The van der Waals surface area contributed by atoms with Gasteiger partial charge in [-0.15, -0.1) is 0 Å². The van der Waals surface area contributed by atoms with E-state index in [0.29, 0.717) is 6.54 Å². The van der Waals surface area contributed by atoms with Gasteiger partial charge in [-0.25, -0.2) is 13.1 Å². The van der Waals surface area contributed by atoms with Gasteiger partial charge >= 0.3 is 0 Å². The van der Waals surface area contributed by atoms with Crippen LogP contribution in [0.25, 0.3) is 0 Å². The summed E-state index contributed by atoms with van der Waals surface area (Å²) < 4.78 is 24.6. The number of benzene rings is 1. The van der Waals surface area contributed by atoms with Gasteiger partial charge in [-0.05, 0) is 42.9 Å². The lowest BCUT2D eigenvalue weighted by atomic mass is 9.98. The Kier molecular flexibility index (Phi) is 5.05. The number of rotatable bonds is 6. The summed E-state index contributed by atoms with van der Waals surface area (Å²) in [6.07, 6.45) is 5.44. The van der Waals surface area contributed by atoms with Crippen LogP contribution in [-0.4, -0.2) is 34.3 Å².